The van der Waals surface area contributed by atoms with Crippen LogP contribution in [0.4, 0.5) is 13.2 Å². The minimum atomic E-state index is -5.49. The molecule has 0 saturated heterocycles. The number of benzene rings is 3. The molecule has 2 atom stereocenters. The highest BCUT2D eigenvalue weighted by Gasteiger charge is 2.51. The number of rotatable bonds is 11. The minimum absolute atomic E-state index is 0.0403. The summed E-state index contributed by atoms with van der Waals surface area (Å²) in [5, 5.41) is 12.1. The number of carbonyl (C=O) groups excluding carboxylic acids is 4. The molecule has 4 rings (SSSR count). The van der Waals surface area contributed by atoms with Gasteiger partial charge in [0.2, 0.25) is 5.91 Å². The Balaban J connectivity index is 1.47. The van der Waals surface area contributed by atoms with Gasteiger partial charge in [0.1, 0.15) is 12.6 Å². The van der Waals surface area contributed by atoms with Gasteiger partial charge in [-0.2, -0.15) is 13.2 Å². The van der Waals surface area contributed by atoms with Gasteiger partial charge in [0, 0.05) is 12.5 Å². The van der Waals surface area contributed by atoms with Crippen LogP contribution in [0.3, 0.4) is 0 Å². The van der Waals surface area contributed by atoms with Gasteiger partial charge in [0.25, 0.3) is 0 Å². The summed E-state index contributed by atoms with van der Waals surface area (Å²) in [6.07, 6.45) is -5.81. The molecule has 0 fully saturated rings. The third-order valence-corrected chi connectivity index (χ3v) is 7.10. The molecule has 0 aromatic heterocycles. The van der Waals surface area contributed by atoms with Crippen LogP contribution < -0.4 is 5.32 Å². The molecule has 0 heterocycles. The number of aliphatic hydroxyl groups excluding tert-OH is 1. The van der Waals surface area contributed by atoms with E-state index in [1.54, 1.807) is 0 Å². The molecule has 43 heavy (non-hydrogen) atoms. The zero-order chi connectivity index (χ0) is 31.1. The van der Waals surface area contributed by atoms with Crippen molar-refractivity contribution in [3.8, 4) is 11.1 Å². The zero-order valence-corrected chi connectivity index (χ0v) is 23.0. The molecule has 1 aliphatic carbocycles. The van der Waals surface area contributed by atoms with Crippen molar-refractivity contribution < 1.29 is 46.9 Å². The number of fused-ring (bicyclic) bond motifs is 3. The number of nitrogens with one attached hydrogen (secondary N) is 1. The van der Waals surface area contributed by atoms with Gasteiger partial charge in [-0.1, -0.05) is 78.9 Å². The monoisotopic (exact) mass is 598 g/mol. The van der Waals surface area contributed by atoms with Crippen molar-refractivity contribution in [1.29, 1.82) is 0 Å². The highest BCUT2D eigenvalue weighted by molar-refractivity contribution is 5.94. The number of alkyl halides is 3. The first-order valence-electron chi connectivity index (χ1n) is 13.3. The van der Waals surface area contributed by atoms with Crippen molar-refractivity contribution in [3.05, 3.63) is 95.6 Å². The average molecular weight is 599 g/mol. The van der Waals surface area contributed by atoms with E-state index in [0.29, 0.717) is 0 Å². The van der Waals surface area contributed by atoms with Crippen LogP contribution in [0, 0.1) is 0 Å². The Kier molecular flexibility index (Phi) is 9.81. The third-order valence-electron chi connectivity index (χ3n) is 7.10. The van der Waals surface area contributed by atoms with Gasteiger partial charge in [-0.05, 0) is 27.8 Å². The first-order valence-corrected chi connectivity index (χ1v) is 13.3. The summed E-state index contributed by atoms with van der Waals surface area (Å²) in [4.78, 5) is 50.7. The molecule has 0 bridgehead atoms. The van der Waals surface area contributed by atoms with Crippen molar-refractivity contribution in [3.63, 3.8) is 0 Å². The maximum Gasteiger partial charge on any atom is 0.471 e. The fourth-order valence-corrected chi connectivity index (χ4v) is 5.14. The summed E-state index contributed by atoms with van der Waals surface area (Å²) in [7, 11) is 0.868. The van der Waals surface area contributed by atoms with Crippen LogP contribution >= 0.6 is 0 Å². The summed E-state index contributed by atoms with van der Waals surface area (Å²) in [5.74, 6) is -5.85. The van der Waals surface area contributed by atoms with Crippen LogP contribution in [0.25, 0.3) is 11.1 Å². The molecule has 12 heteroatoms. The molecule has 1 aliphatic rings. The van der Waals surface area contributed by atoms with Crippen LogP contribution in [0.1, 0.15) is 35.1 Å². The Labute approximate surface area is 245 Å². The lowest BCUT2D eigenvalue weighted by Crippen LogP contribution is -2.57. The van der Waals surface area contributed by atoms with Crippen LogP contribution in [0.2, 0.25) is 0 Å². The van der Waals surface area contributed by atoms with E-state index in [0.717, 1.165) is 29.4 Å². The fourth-order valence-electron chi connectivity index (χ4n) is 5.14. The number of hydrogen-bond acceptors (Lipinski definition) is 7. The van der Waals surface area contributed by atoms with E-state index in [-0.39, 0.29) is 36.0 Å². The van der Waals surface area contributed by atoms with Crippen LogP contribution in [-0.4, -0.2) is 72.8 Å². The Morgan fingerprint density at radius 2 is 1.47 bits per heavy atom. The summed E-state index contributed by atoms with van der Waals surface area (Å²) in [5.41, 5.74) is 4.04. The lowest BCUT2D eigenvalue weighted by molar-refractivity contribution is -0.194. The normalized spacial score (nSPS) is 13.7. The Morgan fingerprint density at radius 3 is 2.00 bits per heavy atom. The maximum absolute atomic E-state index is 13.6. The second-order valence-corrected chi connectivity index (χ2v) is 9.70. The molecule has 9 nitrogen and oxygen atoms in total. The van der Waals surface area contributed by atoms with Crippen molar-refractivity contribution in [2.75, 3.05) is 26.9 Å². The molecule has 2 amide bonds. The molecule has 0 aliphatic heterocycles. The van der Waals surface area contributed by atoms with Gasteiger partial charge in [-0.25, -0.2) is 4.79 Å². The summed E-state index contributed by atoms with van der Waals surface area (Å²) in [6.45, 7) is -1.54. The number of esters is 2. The van der Waals surface area contributed by atoms with Gasteiger partial charge in [-0.3, -0.25) is 14.4 Å². The van der Waals surface area contributed by atoms with E-state index in [1.165, 1.54) is 30.3 Å². The lowest BCUT2D eigenvalue weighted by Gasteiger charge is -2.35. The summed E-state index contributed by atoms with van der Waals surface area (Å²) in [6, 6.07) is 18.4. The minimum Gasteiger partial charge on any atom is -0.467 e. The second-order valence-electron chi connectivity index (χ2n) is 9.70. The van der Waals surface area contributed by atoms with Gasteiger partial charge in [0.15, 0.2) is 6.04 Å². The van der Waals surface area contributed by atoms with E-state index in [4.69, 9.17) is 4.74 Å². The topological polar surface area (TPSA) is 122 Å². The number of halogens is 3. The van der Waals surface area contributed by atoms with Crippen molar-refractivity contribution >= 4 is 23.8 Å². The Hall–Kier alpha value is -4.71. The molecule has 1 unspecified atom stereocenters. The number of methoxy groups -OCH3 is 1. The predicted molar refractivity (Wildman–Crippen MR) is 147 cm³/mol. The van der Waals surface area contributed by atoms with E-state index >= 15 is 0 Å². The molecule has 3 aromatic rings. The molecule has 0 spiro atoms. The van der Waals surface area contributed by atoms with Crippen molar-refractivity contribution in [2.24, 2.45) is 0 Å². The molecular weight excluding hydrogens is 569 g/mol. The fraction of sp³-hybridized carbons (Fsp3) is 0.290. The van der Waals surface area contributed by atoms with Crippen molar-refractivity contribution in [1.82, 2.24) is 10.2 Å². The predicted octanol–water partition coefficient (Wildman–Crippen LogP) is 3.51. The highest BCUT2D eigenvalue weighted by atomic mass is 19.4. The number of amides is 2. The summed E-state index contributed by atoms with van der Waals surface area (Å²) >= 11 is 0. The SMILES string of the molecule is COC(=O)[C@H](CO)N(C(=O)C(F)(F)F)C(C(=O)NCCC(=O)OCC1c2ccccc2-c2ccccc21)c1ccccc1. The number of hydrogen-bond donors (Lipinski definition) is 2. The maximum atomic E-state index is 13.6. The molecular formula is C31H29F3N2O7. The smallest absolute Gasteiger partial charge is 0.467 e. The first kappa shape index (κ1) is 31.2. The number of carbonyl (C=O) groups is 4. The Bertz CT molecular complexity index is 1430. The second kappa shape index (κ2) is 13.5. The number of ether oxygens (including phenoxy) is 2. The van der Waals surface area contributed by atoms with E-state index in [9.17, 15) is 37.5 Å². The van der Waals surface area contributed by atoms with E-state index < -0.39 is 48.6 Å². The molecule has 3 aromatic carbocycles. The van der Waals surface area contributed by atoms with Crippen LogP contribution in [0.15, 0.2) is 78.9 Å². The first-order chi connectivity index (χ1) is 20.6. The largest absolute Gasteiger partial charge is 0.471 e. The van der Waals surface area contributed by atoms with E-state index in [2.05, 4.69) is 10.1 Å². The van der Waals surface area contributed by atoms with Crippen molar-refractivity contribution in [2.45, 2.75) is 30.6 Å². The number of nitrogens with zero attached hydrogens (tertiary/aromatic N) is 1. The van der Waals surface area contributed by atoms with Gasteiger partial charge in [-0.15, -0.1) is 0 Å². The van der Waals surface area contributed by atoms with Crippen LogP contribution in [0.5, 0.6) is 0 Å². The average Bonchev–Trinajstić information content (AvgIpc) is 3.33. The zero-order valence-electron chi connectivity index (χ0n) is 23.0. The van der Waals surface area contributed by atoms with E-state index in [1.807, 2.05) is 48.5 Å². The van der Waals surface area contributed by atoms with Gasteiger partial charge in [0.05, 0.1) is 20.1 Å². The number of aliphatic hydroxyl groups is 1. The molecule has 0 saturated carbocycles. The third kappa shape index (κ3) is 6.86. The lowest BCUT2D eigenvalue weighted by atomic mass is 9.98. The molecule has 0 radical (unpaired) electrons. The van der Waals surface area contributed by atoms with Crippen LogP contribution in [-0.2, 0) is 28.7 Å². The molecule has 226 valence electrons. The highest BCUT2D eigenvalue weighted by Crippen LogP contribution is 2.44. The molecule has 2 N–H and O–H groups in total. The van der Waals surface area contributed by atoms with Gasteiger partial charge < -0.3 is 24.8 Å². The quantitative estimate of drug-likeness (QED) is 0.324. The van der Waals surface area contributed by atoms with Gasteiger partial charge >= 0.3 is 24.0 Å². The standard InChI is InChI=1S/C31H29F3N2O7/c1-42-29(40)25(17-37)36(30(41)31(32,33)34)27(19-9-3-2-4-10-19)28(39)35-16-15-26(38)43-18-24-22-13-7-5-11-20(22)21-12-6-8-14-23(21)24/h2-14,24-25,27,37H,15-18H2,1H3,(H,35,39)/t25-,27?/m0/s1. The Morgan fingerprint density at radius 1 is 0.907 bits per heavy atom. The summed E-state index contributed by atoms with van der Waals surface area (Å²) < 4.78 is 50.9.